The van der Waals surface area contributed by atoms with Gasteiger partial charge in [-0.2, -0.15) is 5.10 Å². The van der Waals surface area contributed by atoms with E-state index in [-0.39, 0.29) is 11.2 Å². The van der Waals surface area contributed by atoms with E-state index < -0.39 is 16.6 Å². The van der Waals surface area contributed by atoms with Gasteiger partial charge in [-0.3, -0.25) is 14.8 Å². The van der Waals surface area contributed by atoms with E-state index in [1.54, 1.807) is 23.0 Å². The van der Waals surface area contributed by atoms with Gasteiger partial charge in [0.15, 0.2) is 0 Å². The zero-order valence-electron chi connectivity index (χ0n) is 15.1. The molecule has 1 aliphatic rings. The molecule has 0 radical (unpaired) electrons. The number of non-ortho nitro benzene ring substituents is 1. The Bertz CT molecular complexity index is 816. The molecule has 0 aliphatic heterocycles. The third kappa shape index (κ3) is 4.38. The van der Waals surface area contributed by atoms with Gasteiger partial charge in [0.05, 0.1) is 23.2 Å². The first-order valence-corrected chi connectivity index (χ1v) is 8.44. The fourth-order valence-corrected chi connectivity index (χ4v) is 2.68. The fourth-order valence-electron chi connectivity index (χ4n) is 2.68. The molecule has 0 unspecified atom stereocenters. The molecule has 1 aromatic carbocycles. The number of hydrogen-bond acceptors (Lipinski definition) is 5. The second-order valence-corrected chi connectivity index (χ2v) is 7.64. The zero-order valence-corrected chi connectivity index (χ0v) is 15.1. The summed E-state index contributed by atoms with van der Waals surface area (Å²) in [6.07, 6.45) is 4.92. The minimum absolute atomic E-state index is 0.0552. The van der Waals surface area contributed by atoms with Crippen molar-refractivity contribution in [2.45, 2.75) is 51.3 Å². The normalized spacial score (nSPS) is 15.3. The minimum Gasteiger partial charge on any atom is -0.444 e. The van der Waals surface area contributed by atoms with E-state index in [1.165, 1.54) is 12.1 Å². The Hall–Kier alpha value is -2.90. The van der Waals surface area contributed by atoms with Crippen LogP contribution in [0, 0.1) is 10.1 Å². The molecule has 0 spiro atoms. The van der Waals surface area contributed by atoms with Crippen LogP contribution < -0.4 is 5.32 Å². The summed E-state index contributed by atoms with van der Waals surface area (Å²) in [6.45, 7) is 6.04. The Kier molecular flexibility index (Phi) is 4.43. The summed E-state index contributed by atoms with van der Waals surface area (Å²) in [5, 5.41) is 18.0. The highest BCUT2D eigenvalue weighted by Gasteiger charge is 2.45. The predicted molar refractivity (Wildman–Crippen MR) is 95.7 cm³/mol. The predicted octanol–water partition coefficient (Wildman–Crippen LogP) is 3.52. The summed E-state index contributed by atoms with van der Waals surface area (Å²) in [5.74, 6) is 0. The average Bonchev–Trinajstić information content (AvgIpc) is 3.11. The Morgan fingerprint density at radius 1 is 1.31 bits per heavy atom. The maximum absolute atomic E-state index is 12.0. The van der Waals surface area contributed by atoms with E-state index in [4.69, 9.17) is 4.74 Å². The van der Waals surface area contributed by atoms with E-state index in [0.717, 1.165) is 24.0 Å². The van der Waals surface area contributed by atoms with E-state index in [0.29, 0.717) is 6.54 Å². The van der Waals surface area contributed by atoms with Gasteiger partial charge in [-0.1, -0.05) is 0 Å². The molecule has 0 bridgehead atoms. The molecule has 26 heavy (non-hydrogen) atoms. The van der Waals surface area contributed by atoms with Crippen molar-refractivity contribution >= 4 is 11.8 Å². The van der Waals surface area contributed by atoms with Gasteiger partial charge >= 0.3 is 6.09 Å². The molecule has 1 aliphatic carbocycles. The topological polar surface area (TPSA) is 99.3 Å². The number of nitro benzene ring substituents is 1. The zero-order chi connectivity index (χ0) is 18.9. The van der Waals surface area contributed by atoms with Gasteiger partial charge in [-0.25, -0.2) is 4.79 Å². The van der Waals surface area contributed by atoms with Crippen molar-refractivity contribution in [3.63, 3.8) is 0 Å². The maximum Gasteiger partial charge on any atom is 0.408 e. The third-order valence-corrected chi connectivity index (χ3v) is 4.13. The number of alkyl carbamates (subject to hydrolysis) is 1. The number of amides is 1. The Morgan fingerprint density at radius 3 is 2.50 bits per heavy atom. The summed E-state index contributed by atoms with van der Waals surface area (Å²) < 4.78 is 7.10. The molecule has 1 fully saturated rings. The van der Waals surface area contributed by atoms with Crippen molar-refractivity contribution in [1.29, 1.82) is 0 Å². The number of rotatable bonds is 5. The average molecular weight is 358 g/mol. The van der Waals surface area contributed by atoms with Gasteiger partial charge in [0, 0.05) is 23.9 Å². The van der Waals surface area contributed by atoms with Crippen molar-refractivity contribution in [2.24, 2.45) is 0 Å². The molecule has 0 atom stereocenters. The molecule has 8 heteroatoms. The second kappa shape index (κ2) is 6.44. The van der Waals surface area contributed by atoms with Crippen molar-refractivity contribution in [3.8, 4) is 11.1 Å². The van der Waals surface area contributed by atoms with Crippen molar-refractivity contribution < 1.29 is 14.5 Å². The van der Waals surface area contributed by atoms with Crippen LogP contribution in [0.2, 0.25) is 0 Å². The van der Waals surface area contributed by atoms with Gasteiger partial charge in [-0.15, -0.1) is 0 Å². The summed E-state index contributed by atoms with van der Waals surface area (Å²) >= 11 is 0. The Morgan fingerprint density at radius 2 is 1.96 bits per heavy atom. The number of nitro groups is 1. The molecular formula is C18H22N4O4. The molecule has 138 valence electrons. The highest BCUT2D eigenvalue weighted by atomic mass is 16.6. The van der Waals surface area contributed by atoms with E-state index in [2.05, 4.69) is 10.4 Å². The minimum atomic E-state index is -0.533. The SMILES string of the molecule is CC(C)(C)OC(=O)NC1(Cn2cc(-c3ccc([N+](=O)[O-])cc3)cn2)CC1. The molecule has 1 saturated carbocycles. The molecule has 1 aromatic heterocycles. The standard InChI is InChI=1S/C18H22N4O4/c1-17(2,3)26-16(23)20-18(8-9-18)12-21-11-14(10-19-21)13-4-6-15(7-5-13)22(24)25/h4-7,10-11H,8-9,12H2,1-3H3,(H,20,23). The van der Waals surface area contributed by atoms with E-state index >= 15 is 0 Å². The van der Waals surface area contributed by atoms with Crippen LogP contribution in [-0.2, 0) is 11.3 Å². The largest absolute Gasteiger partial charge is 0.444 e. The van der Waals surface area contributed by atoms with Crippen LogP contribution in [0.5, 0.6) is 0 Å². The number of ether oxygens (including phenoxy) is 1. The summed E-state index contributed by atoms with van der Waals surface area (Å²) in [6, 6.07) is 6.34. The molecule has 3 rings (SSSR count). The monoisotopic (exact) mass is 358 g/mol. The van der Waals surface area contributed by atoms with Crippen LogP contribution >= 0.6 is 0 Å². The Balaban J connectivity index is 1.65. The first-order valence-electron chi connectivity index (χ1n) is 8.44. The smallest absolute Gasteiger partial charge is 0.408 e. The van der Waals surface area contributed by atoms with Crippen LogP contribution in [0.4, 0.5) is 10.5 Å². The third-order valence-electron chi connectivity index (χ3n) is 4.13. The second-order valence-electron chi connectivity index (χ2n) is 7.64. The molecule has 1 N–H and O–H groups in total. The van der Waals surface area contributed by atoms with Crippen LogP contribution in [0.3, 0.4) is 0 Å². The lowest BCUT2D eigenvalue weighted by Gasteiger charge is -2.23. The lowest BCUT2D eigenvalue weighted by molar-refractivity contribution is -0.384. The molecule has 1 amide bonds. The summed E-state index contributed by atoms with van der Waals surface area (Å²) in [4.78, 5) is 22.3. The number of aromatic nitrogens is 2. The van der Waals surface area contributed by atoms with Gasteiger partial charge < -0.3 is 10.1 Å². The quantitative estimate of drug-likeness (QED) is 0.651. The van der Waals surface area contributed by atoms with Gasteiger partial charge in [-0.05, 0) is 51.3 Å². The van der Waals surface area contributed by atoms with Crippen LogP contribution in [0.1, 0.15) is 33.6 Å². The number of nitrogens with zero attached hydrogens (tertiary/aromatic N) is 3. The summed E-state index contributed by atoms with van der Waals surface area (Å²) in [7, 11) is 0. The summed E-state index contributed by atoms with van der Waals surface area (Å²) in [5.41, 5.74) is 0.926. The lowest BCUT2D eigenvalue weighted by Crippen LogP contribution is -2.43. The van der Waals surface area contributed by atoms with Crippen molar-refractivity contribution in [3.05, 3.63) is 46.8 Å². The van der Waals surface area contributed by atoms with E-state index in [9.17, 15) is 14.9 Å². The van der Waals surface area contributed by atoms with Crippen LogP contribution in [0.25, 0.3) is 11.1 Å². The number of hydrogen-bond donors (Lipinski definition) is 1. The van der Waals surface area contributed by atoms with Crippen molar-refractivity contribution in [2.75, 3.05) is 0 Å². The number of carbonyl (C=O) groups excluding carboxylic acids is 1. The Labute approximate surface area is 151 Å². The number of nitrogens with one attached hydrogen (secondary N) is 1. The molecule has 1 heterocycles. The molecule has 2 aromatic rings. The van der Waals surface area contributed by atoms with Gasteiger partial charge in [0.1, 0.15) is 5.60 Å². The first-order chi connectivity index (χ1) is 12.2. The molecule has 8 nitrogen and oxygen atoms in total. The van der Waals surface area contributed by atoms with Crippen molar-refractivity contribution in [1.82, 2.24) is 15.1 Å². The van der Waals surface area contributed by atoms with Crippen LogP contribution in [0.15, 0.2) is 36.7 Å². The van der Waals surface area contributed by atoms with Gasteiger partial charge in [0.2, 0.25) is 0 Å². The first kappa shape index (κ1) is 17.9. The highest BCUT2D eigenvalue weighted by Crippen LogP contribution is 2.37. The van der Waals surface area contributed by atoms with E-state index in [1.807, 2.05) is 27.0 Å². The molecule has 0 saturated heterocycles. The maximum atomic E-state index is 12.0. The van der Waals surface area contributed by atoms with Gasteiger partial charge in [0.25, 0.3) is 5.69 Å². The van der Waals surface area contributed by atoms with Crippen LogP contribution in [-0.4, -0.2) is 31.9 Å². The highest BCUT2D eigenvalue weighted by molar-refractivity contribution is 5.69. The molecular weight excluding hydrogens is 336 g/mol. The fraction of sp³-hybridized carbons (Fsp3) is 0.444. The number of carbonyl (C=O) groups is 1. The lowest BCUT2D eigenvalue weighted by atomic mass is 10.1. The number of benzene rings is 1.